The van der Waals surface area contributed by atoms with Crippen LogP contribution in [0.5, 0.6) is 0 Å². The van der Waals surface area contributed by atoms with Crippen LogP contribution >= 0.6 is 0 Å². The summed E-state index contributed by atoms with van der Waals surface area (Å²) >= 11 is 0. The minimum absolute atomic E-state index is 0.0853. The van der Waals surface area contributed by atoms with Crippen LogP contribution in [0, 0.1) is 16.0 Å². The average Bonchev–Trinajstić information content (AvgIpc) is 3.28. The molecule has 1 aliphatic rings. The summed E-state index contributed by atoms with van der Waals surface area (Å²) in [4.78, 5) is 30.0. The molecule has 1 aliphatic carbocycles. The van der Waals surface area contributed by atoms with Crippen LogP contribution in [-0.4, -0.2) is 20.8 Å². The van der Waals surface area contributed by atoms with Crippen molar-refractivity contribution in [1.82, 2.24) is 9.97 Å². The van der Waals surface area contributed by atoms with E-state index < -0.39 is 4.92 Å². The van der Waals surface area contributed by atoms with E-state index in [1.54, 1.807) is 12.1 Å². The zero-order valence-electron chi connectivity index (χ0n) is 12.6. The summed E-state index contributed by atoms with van der Waals surface area (Å²) in [6.45, 7) is 0. The molecule has 1 aromatic heterocycles. The molecule has 0 radical (unpaired) electrons. The maximum Gasteiger partial charge on any atom is 0.297 e. The number of fused-ring (bicyclic) bond motifs is 1. The Kier molecular flexibility index (Phi) is 3.26. The van der Waals surface area contributed by atoms with E-state index in [4.69, 9.17) is 0 Å². The summed E-state index contributed by atoms with van der Waals surface area (Å²) in [5, 5.41) is 13.8. The topological polar surface area (TPSA) is 101 Å². The third-order valence-corrected chi connectivity index (χ3v) is 4.28. The first-order chi connectivity index (χ1) is 11.6. The van der Waals surface area contributed by atoms with Gasteiger partial charge in [-0.25, -0.2) is 4.98 Å². The molecule has 3 aromatic rings. The molecule has 24 heavy (non-hydrogen) atoms. The second kappa shape index (κ2) is 5.45. The number of rotatable bonds is 4. The van der Waals surface area contributed by atoms with Crippen molar-refractivity contribution in [2.75, 3.05) is 5.32 Å². The summed E-state index contributed by atoms with van der Waals surface area (Å²) < 4.78 is 0. The summed E-state index contributed by atoms with van der Waals surface area (Å²) in [5.74, 6) is 0.258. The first-order valence-corrected chi connectivity index (χ1v) is 7.62. The molecule has 0 aliphatic heterocycles. The largest absolute Gasteiger partial charge is 0.324 e. The van der Waals surface area contributed by atoms with E-state index in [0.717, 1.165) is 12.0 Å². The lowest BCUT2D eigenvalue weighted by Gasteiger charge is -2.01. The number of nitro benzene ring substituents is 1. The summed E-state index contributed by atoms with van der Waals surface area (Å²) in [6.07, 6.45) is 0.802. The third kappa shape index (κ3) is 2.50. The number of carbonyl (C=O) groups excluding carboxylic acids is 1. The number of nitrogens with one attached hydrogen (secondary N) is 2. The number of para-hydroxylation sites is 1. The lowest BCUT2D eigenvalue weighted by Crippen LogP contribution is -2.15. The Bertz CT molecular complexity index is 935. The van der Waals surface area contributed by atoms with Crippen LogP contribution in [0.4, 0.5) is 11.6 Å². The van der Waals surface area contributed by atoms with Crippen molar-refractivity contribution in [3.8, 4) is 0 Å². The first-order valence-electron chi connectivity index (χ1n) is 7.62. The second-order valence-electron chi connectivity index (χ2n) is 5.86. The number of aromatic amines is 1. The Labute approximate surface area is 136 Å². The van der Waals surface area contributed by atoms with Crippen molar-refractivity contribution >= 4 is 28.6 Å². The summed E-state index contributed by atoms with van der Waals surface area (Å²) in [5.41, 5.74) is 1.83. The number of benzene rings is 2. The molecule has 1 fully saturated rings. The Morgan fingerprint density at radius 3 is 2.75 bits per heavy atom. The van der Waals surface area contributed by atoms with Gasteiger partial charge in [-0.1, -0.05) is 36.4 Å². The Hall–Kier alpha value is -3.22. The molecule has 1 saturated carbocycles. The molecule has 1 amide bonds. The standard InChI is InChI=1S/C17H14N4O3/c22-16(12-9-11(12)10-5-2-1-3-6-10)20-17-18-13-7-4-8-14(21(23)24)15(13)19-17/h1-8,11-12H,9H2,(H2,18,19,20,22). The SMILES string of the molecule is O=C(Nc1nc2c([N+](=O)[O-])cccc2[nH]1)C1CC1c1ccccc1. The van der Waals surface area contributed by atoms with Crippen LogP contribution < -0.4 is 5.32 Å². The van der Waals surface area contributed by atoms with Crippen molar-refractivity contribution in [1.29, 1.82) is 0 Å². The molecule has 0 bridgehead atoms. The van der Waals surface area contributed by atoms with Crippen molar-refractivity contribution in [3.63, 3.8) is 0 Å². The van der Waals surface area contributed by atoms with E-state index in [1.165, 1.54) is 6.07 Å². The smallest absolute Gasteiger partial charge is 0.297 e. The third-order valence-electron chi connectivity index (χ3n) is 4.28. The van der Waals surface area contributed by atoms with Crippen LogP contribution in [0.1, 0.15) is 17.9 Å². The van der Waals surface area contributed by atoms with Crippen molar-refractivity contribution < 1.29 is 9.72 Å². The van der Waals surface area contributed by atoms with Gasteiger partial charge in [0.25, 0.3) is 5.69 Å². The fourth-order valence-corrected chi connectivity index (χ4v) is 2.99. The van der Waals surface area contributed by atoms with Crippen LogP contribution in [0.25, 0.3) is 11.0 Å². The van der Waals surface area contributed by atoms with E-state index in [1.807, 2.05) is 30.3 Å². The molecule has 120 valence electrons. The van der Waals surface area contributed by atoms with Crippen LogP contribution in [0.15, 0.2) is 48.5 Å². The maximum atomic E-state index is 12.3. The van der Waals surface area contributed by atoms with Gasteiger partial charge in [0.1, 0.15) is 0 Å². The number of anilines is 1. The fraction of sp³-hybridized carbons (Fsp3) is 0.176. The van der Waals surface area contributed by atoms with Gasteiger partial charge in [-0.2, -0.15) is 0 Å². The Morgan fingerprint density at radius 1 is 1.21 bits per heavy atom. The van der Waals surface area contributed by atoms with E-state index in [0.29, 0.717) is 5.52 Å². The van der Waals surface area contributed by atoms with Gasteiger partial charge >= 0.3 is 0 Å². The molecule has 2 aromatic carbocycles. The second-order valence-corrected chi connectivity index (χ2v) is 5.86. The van der Waals surface area contributed by atoms with Gasteiger partial charge in [-0.15, -0.1) is 0 Å². The number of H-pyrrole nitrogens is 1. The van der Waals surface area contributed by atoms with Crippen molar-refractivity contribution in [3.05, 3.63) is 64.2 Å². The molecule has 2 unspecified atom stereocenters. The van der Waals surface area contributed by atoms with E-state index in [-0.39, 0.29) is 34.9 Å². The highest BCUT2D eigenvalue weighted by Crippen LogP contribution is 2.47. The van der Waals surface area contributed by atoms with Gasteiger partial charge in [0.2, 0.25) is 11.9 Å². The average molecular weight is 322 g/mol. The quantitative estimate of drug-likeness (QED) is 0.569. The molecule has 1 heterocycles. The molecular weight excluding hydrogens is 308 g/mol. The molecule has 0 spiro atoms. The van der Waals surface area contributed by atoms with Gasteiger partial charge in [0, 0.05) is 12.0 Å². The molecular formula is C17H14N4O3. The van der Waals surface area contributed by atoms with Crippen molar-refractivity contribution in [2.45, 2.75) is 12.3 Å². The molecule has 4 rings (SSSR count). The summed E-state index contributed by atoms with van der Waals surface area (Å²) in [7, 11) is 0. The molecule has 2 N–H and O–H groups in total. The zero-order valence-corrected chi connectivity index (χ0v) is 12.6. The van der Waals surface area contributed by atoms with Crippen LogP contribution in [0.3, 0.4) is 0 Å². The number of aromatic nitrogens is 2. The first kappa shape index (κ1) is 14.4. The highest BCUT2D eigenvalue weighted by molar-refractivity contribution is 5.96. The van der Waals surface area contributed by atoms with E-state index in [9.17, 15) is 14.9 Å². The van der Waals surface area contributed by atoms with Crippen LogP contribution in [0.2, 0.25) is 0 Å². The highest BCUT2D eigenvalue weighted by atomic mass is 16.6. The van der Waals surface area contributed by atoms with Crippen LogP contribution in [-0.2, 0) is 4.79 Å². The van der Waals surface area contributed by atoms with Gasteiger partial charge in [-0.05, 0) is 24.0 Å². The molecule has 7 heteroatoms. The normalized spacial score (nSPS) is 19.2. The number of non-ortho nitro benzene ring substituents is 1. The lowest BCUT2D eigenvalue weighted by molar-refractivity contribution is -0.383. The number of nitrogens with zero attached hydrogens (tertiary/aromatic N) is 2. The monoisotopic (exact) mass is 322 g/mol. The summed E-state index contributed by atoms with van der Waals surface area (Å²) in [6, 6.07) is 14.6. The minimum Gasteiger partial charge on any atom is -0.324 e. The lowest BCUT2D eigenvalue weighted by atomic mass is 10.1. The van der Waals surface area contributed by atoms with Gasteiger partial charge in [-0.3, -0.25) is 20.2 Å². The molecule has 0 saturated heterocycles. The van der Waals surface area contributed by atoms with E-state index >= 15 is 0 Å². The number of hydrogen-bond donors (Lipinski definition) is 2. The Balaban J connectivity index is 1.52. The van der Waals surface area contributed by atoms with E-state index in [2.05, 4.69) is 15.3 Å². The zero-order chi connectivity index (χ0) is 16.7. The fourth-order valence-electron chi connectivity index (χ4n) is 2.99. The Morgan fingerprint density at radius 2 is 2.00 bits per heavy atom. The maximum absolute atomic E-state index is 12.3. The number of carbonyl (C=O) groups is 1. The van der Waals surface area contributed by atoms with Gasteiger partial charge < -0.3 is 4.98 Å². The van der Waals surface area contributed by atoms with Crippen molar-refractivity contribution in [2.24, 2.45) is 5.92 Å². The predicted octanol–water partition coefficient (Wildman–Crippen LogP) is 3.21. The van der Waals surface area contributed by atoms with Gasteiger partial charge in [0.05, 0.1) is 10.4 Å². The highest BCUT2D eigenvalue weighted by Gasteiger charge is 2.44. The number of imidazole rings is 1. The number of amides is 1. The van der Waals surface area contributed by atoms with Gasteiger partial charge in [0.15, 0.2) is 5.52 Å². The number of nitro groups is 1. The molecule has 2 atom stereocenters. The number of hydrogen-bond acceptors (Lipinski definition) is 4. The molecule has 7 nitrogen and oxygen atoms in total. The predicted molar refractivity (Wildman–Crippen MR) is 88.7 cm³/mol. The minimum atomic E-state index is -0.485.